The fourth-order valence-corrected chi connectivity index (χ4v) is 4.02. The molecule has 2 aromatic rings. The molecule has 3 rings (SSSR count). The Labute approximate surface area is 157 Å². The van der Waals surface area contributed by atoms with Crippen molar-refractivity contribution in [3.63, 3.8) is 0 Å². The molecular formula is C19H24N4O2S. The zero-order valence-electron chi connectivity index (χ0n) is 15.4. The van der Waals surface area contributed by atoms with Gasteiger partial charge >= 0.3 is 0 Å². The smallest absolute Gasteiger partial charge is 0.227 e. The minimum absolute atomic E-state index is 0.0145. The largest absolute Gasteiger partial charge is 0.311 e. The Morgan fingerprint density at radius 1 is 1.35 bits per heavy atom. The maximum Gasteiger partial charge on any atom is 0.227 e. The molecule has 2 amide bonds. The number of para-hydroxylation sites is 1. The van der Waals surface area contributed by atoms with E-state index in [-0.39, 0.29) is 17.7 Å². The lowest BCUT2D eigenvalue weighted by Gasteiger charge is -2.19. The number of aryl methyl sites for hydroxylation is 1. The number of carbonyl (C=O) groups is 2. The van der Waals surface area contributed by atoms with Crippen LogP contribution < -0.4 is 10.2 Å². The highest BCUT2D eigenvalue weighted by Gasteiger charge is 2.34. The maximum absolute atomic E-state index is 12.5. The highest BCUT2D eigenvalue weighted by Crippen LogP contribution is 2.35. The Morgan fingerprint density at radius 2 is 2.12 bits per heavy atom. The van der Waals surface area contributed by atoms with Gasteiger partial charge in [0, 0.05) is 31.0 Å². The van der Waals surface area contributed by atoms with Gasteiger partial charge in [0.15, 0.2) is 0 Å². The third kappa shape index (κ3) is 4.09. The summed E-state index contributed by atoms with van der Waals surface area (Å²) in [5, 5.41) is 12.4. The Bertz CT molecular complexity index is 802. The fraction of sp³-hybridized carbons (Fsp3) is 0.474. The molecule has 1 aromatic carbocycles. The van der Waals surface area contributed by atoms with Crippen LogP contribution in [0.4, 0.5) is 10.8 Å². The number of anilines is 2. The molecule has 0 spiro atoms. The molecule has 26 heavy (non-hydrogen) atoms. The molecule has 6 nitrogen and oxygen atoms in total. The number of hydrogen-bond donors (Lipinski definition) is 1. The summed E-state index contributed by atoms with van der Waals surface area (Å²) in [4.78, 5) is 26.3. The number of aromatic nitrogens is 2. The Balaban J connectivity index is 1.70. The van der Waals surface area contributed by atoms with Crippen molar-refractivity contribution < 1.29 is 9.59 Å². The SMILES string of the molecule is CCc1ccccc1N1CC(c2nnc(NC(=O)CC(C)C)s2)CC1=O. The standard InChI is InChI=1S/C19H24N4O2S/c1-4-13-7-5-6-8-15(13)23-11-14(10-17(23)25)18-21-22-19(26-18)20-16(24)9-12(2)3/h5-8,12,14H,4,9-11H2,1-3H3,(H,20,22,24). The van der Waals surface area contributed by atoms with Gasteiger partial charge in [-0.2, -0.15) is 0 Å². The van der Waals surface area contributed by atoms with Crippen molar-refractivity contribution in [3.8, 4) is 0 Å². The first-order chi connectivity index (χ1) is 12.5. The summed E-state index contributed by atoms with van der Waals surface area (Å²) >= 11 is 1.36. The van der Waals surface area contributed by atoms with E-state index in [4.69, 9.17) is 0 Å². The van der Waals surface area contributed by atoms with Crippen molar-refractivity contribution in [1.29, 1.82) is 0 Å². The van der Waals surface area contributed by atoms with E-state index >= 15 is 0 Å². The molecule has 1 fully saturated rings. The van der Waals surface area contributed by atoms with Crippen LogP contribution >= 0.6 is 11.3 Å². The van der Waals surface area contributed by atoms with E-state index in [9.17, 15) is 9.59 Å². The summed E-state index contributed by atoms with van der Waals surface area (Å²) in [5.74, 6) is 0.364. The molecule has 0 aliphatic carbocycles. The van der Waals surface area contributed by atoms with Crippen LogP contribution in [0.15, 0.2) is 24.3 Å². The van der Waals surface area contributed by atoms with Crippen LogP contribution in [0.5, 0.6) is 0 Å². The van der Waals surface area contributed by atoms with Gasteiger partial charge in [0.2, 0.25) is 16.9 Å². The lowest BCUT2D eigenvalue weighted by atomic mass is 10.1. The molecule has 1 aliphatic rings. The minimum Gasteiger partial charge on any atom is -0.311 e. The Hall–Kier alpha value is -2.28. The van der Waals surface area contributed by atoms with Gasteiger partial charge in [0.05, 0.1) is 0 Å². The molecule has 138 valence electrons. The van der Waals surface area contributed by atoms with Crippen LogP contribution in [0.25, 0.3) is 0 Å². The summed E-state index contributed by atoms with van der Waals surface area (Å²) < 4.78 is 0. The molecule has 7 heteroatoms. The predicted molar refractivity (Wildman–Crippen MR) is 104 cm³/mol. The monoisotopic (exact) mass is 372 g/mol. The van der Waals surface area contributed by atoms with E-state index in [1.807, 2.05) is 36.9 Å². The molecule has 0 bridgehead atoms. The molecule has 0 saturated carbocycles. The van der Waals surface area contributed by atoms with Gasteiger partial charge in [-0.25, -0.2) is 0 Å². The van der Waals surface area contributed by atoms with Crippen molar-refractivity contribution in [2.24, 2.45) is 5.92 Å². The van der Waals surface area contributed by atoms with E-state index in [0.717, 1.165) is 17.1 Å². The van der Waals surface area contributed by atoms with Crippen molar-refractivity contribution in [1.82, 2.24) is 10.2 Å². The third-order valence-electron chi connectivity index (χ3n) is 4.42. The highest BCUT2D eigenvalue weighted by molar-refractivity contribution is 7.15. The number of carbonyl (C=O) groups excluding carboxylic acids is 2. The molecule has 1 aliphatic heterocycles. The normalized spacial score (nSPS) is 17.2. The van der Waals surface area contributed by atoms with E-state index in [1.165, 1.54) is 16.9 Å². The third-order valence-corrected chi connectivity index (χ3v) is 5.42. The second-order valence-corrected chi connectivity index (χ2v) is 7.99. The zero-order valence-corrected chi connectivity index (χ0v) is 16.2. The average Bonchev–Trinajstić information content (AvgIpc) is 3.20. The summed E-state index contributed by atoms with van der Waals surface area (Å²) in [6.07, 6.45) is 1.76. The lowest BCUT2D eigenvalue weighted by Crippen LogP contribution is -2.25. The number of benzene rings is 1. The molecule has 1 atom stereocenters. The van der Waals surface area contributed by atoms with Crippen LogP contribution in [-0.2, 0) is 16.0 Å². The van der Waals surface area contributed by atoms with Gasteiger partial charge in [-0.15, -0.1) is 10.2 Å². The van der Waals surface area contributed by atoms with Gasteiger partial charge in [0.25, 0.3) is 0 Å². The molecule has 1 unspecified atom stereocenters. The van der Waals surface area contributed by atoms with Crippen molar-refractivity contribution in [3.05, 3.63) is 34.8 Å². The second kappa shape index (κ2) is 7.95. The van der Waals surface area contributed by atoms with Gasteiger partial charge in [-0.05, 0) is 24.0 Å². The summed E-state index contributed by atoms with van der Waals surface area (Å²) in [7, 11) is 0. The molecule has 1 N–H and O–H groups in total. The number of amides is 2. The maximum atomic E-state index is 12.5. The fourth-order valence-electron chi connectivity index (χ4n) is 3.17. The summed E-state index contributed by atoms with van der Waals surface area (Å²) in [6, 6.07) is 8.01. The topological polar surface area (TPSA) is 75.2 Å². The average molecular weight is 372 g/mol. The van der Waals surface area contributed by atoms with Gasteiger partial charge in [-0.3, -0.25) is 9.59 Å². The van der Waals surface area contributed by atoms with Gasteiger partial charge < -0.3 is 10.2 Å². The van der Waals surface area contributed by atoms with E-state index in [1.54, 1.807) is 0 Å². The summed E-state index contributed by atoms with van der Waals surface area (Å²) in [6.45, 7) is 6.69. The van der Waals surface area contributed by atoms with Crippen LogP contribution in [0, 0.1) is 5.92 Å². The molecule has 2 heterocycles. The van der Waals surface area contributed by atoms with Gasteiger partial charge in [0.1, 0.15) is 5.01 Å². The van der Waals surface area contributed by atoms with E-state index in [2.05, 4.69) is 28.5 Å². The van der Waals surface area contributed by atoms with Crippen LogP contribution in [0.2, 0.25) is 0 Å². The first kappa shape index (κ1) is 18.5. The molecule has 1 aromatic heterocycles. The van der Waals surface area contributed by atoms with Crippen LogP contribution in [0.3, 0.4) is 0 Å². The first-order valence-electron chi connectivity index (χ1n) is 8.99. The van der Waals surface area contributed by atoms with Crippen molar-refractivity contribution in [2.75, 3.05) is 16.8 Å². The van der Waals surface area contributed by atoms with Crippen LogP contribution in [-0.4, -0.2) is 28.6 Å². The van der Waals surface area contributed by atoms with Crippen LogP contribution in [0.1, 0.15) is 50.1 Å². The van der Waals surface area contributed by atoms with Crippen molar-refractivity contribution in [2.45, 2.75) is 46.0 Å². The predicted octanol–water partition coefficient (Wildman–Crippen LogP) is 3.61. The van der Waals surface area contributed by atoms with E-state index in [0.29, 0.717) is 30.4 Å². The van der Waals surface area contributed by atoms with Crippen molar-refractivity contribution >= 4 is 34.0 Å². The number of hydrogen-bond acceptors (Lipinski definition) is 5. The lowest BCUT2D eigenvalue weighted by molar-refractivity contribution is -0.117. The van der Waals surface area contributed by atoms with Gasteiger partial charge in [-0.1, -0.05) is 50.3 Å². The number of nitrogens with one attached hydrogen (secondary N) is 1. The summed E-state index contributed by atoms with van der Waals surface area (Å²) in [5.41, 5.74) is 2.15. The molecular weight excluding hydrogens is 348 g/mol. The molecule has 1 saturated heterocycles. The number of nitrogens with zero attached hydrogens (tertiary/aromatic N) is 3. The Kier molecular flexibility index (Phi) is 5.66. The Morgan fingerprint density at radius 3 is 2.85 bits per heavy atom. The quantitative estimate of drug-likeness (QED) is 0.840. The molecule has 0 radical (unpaired) electrons. The minimum atomic E-state index is -0.0521. The van der Waals surface area contributed by atoms with E-state index < -0.39 is 0 Å². The highest BCUT2D eigenvalue weighted by atomic mass is 32.1. The first-order valence-corrected chi connectivity index (χ1v) is 9.81. The second-order valence-electron chi connectivity index (χ2n) is 6.98. The number of rotatable bonds is 6. The zero-order chi connectivity index (χ0) is 18.7.